The highest BCUT2D eigenvalue weighted by molar-refractivity contribution is 5.91. The highest BCUT2D eigenvalue weighted by Crippen LogP contribution is 2.20. The number of pyridine rings is 1. The maximum atomic E-state index is 12.0. The second-order valence-electron chi connectivity index (χ2n) is 5.11. The molecule has 2 N–H and O–H groups in total. The third kappa shape index (κ3) is 2.27. The van der Waals surface area contributed by atoms with Gasteiger partial charge in [-0.05, 0) is 33.8 Å². The number of imidazole rings is 1. The van der Waals surface area contributed by atoms with Crippen molar-refractivity contribution in [2.45, 2.75) is 33.3 Å². The molecule has 0 fully saturated rings. The monoisotopic (exact) mass is 248 g/mol. The Labute approximate surface area is 105 Å². The number of hydrogen-bond donors (Lipinski definition) is 1. The summed E-state index contributed by atoms with van der Waals surface area (Å²) in [7, 11) is 0. The standard InChI is InChI=1S/C12H16N4O2/c1-7-5-8-9(10(13)15-7)14-6-16(8)11(17)18-12(2,3)4/h5-6H,1-4H3,(H2,13,15). The second kappa shape index (κ2) is 3.97. The molecule has 0 unspecified atom stereocenters. The van der Waals surface area contributed by atoms with Gasteiger partial charge < -0.3 is 10.5 Å². The number of carbonyl (C=O) groups excluding carboxylic acids is 1. The van der Waals surface area contributed by atoms with Crippen LogP contribution in [0.4, 0.5) is 10.6 Å². The van der Waals surface area contributed by atoms with Gasteiger partial charge in [-0.25, -0.2) is 19.3 Å². The van der Waals surface area contributed by atoms with Crippen molar-refractivity contribution in [2.75, 3.05) is 5.73 Å². The highest BCUT2D eigenvalue weighted by atomic mass is 16.6. The van der Waals surface area contributed by atoms with Gasteiger partial charge in [0.05, 0.1) is 5.52 Å². The molecule has 0 aliphatic carbocycles. The Kier molecular flexibility index (Phi) is 2.73. The Morgan fingerprint density at radius 1 is 1.44 bits per heavy atom. The smallest absolute Gasteiger partial charge is 0.420 e. The predicted molar refractivity (Wildman–Crippen MR) is 68.3 cm³/mol. The van der Waals surface area contributed by atoms with Crippen LogP contribution in [-0.4, -0.2) is 26.2 Å². The molecule has 0 bridgehead atoms. The number of aromatic nitrogens is 3. The van der Waals surface area contributed by atoms with Gasteiger partial charge in [-0.2, -0.15) is 0 Å². The van der Waals surface area contributed by atoms with Crippen molar-refractivity contribution in [2.24, 2.45) is 0 Å². The maximum absolute atomic E-state index is 12.0. The van der Waals surface area contributed by atoms with Crippen molar-refractivity contribution < 1.29 is 9.53 Å². The van der Waals surface area contributed by atoms with E-state index >= 15 is 0 Å². The van der Waals surface area contributed by atoms with E-state index in [2.05, 4.69) is 9.97 Å². The summed E-state index contributed by atoms with van der Waals surface area (Å²) in [4.78, 5) is 20.2. The molecule has 0 saturated heterocycles. The number of aryl methyl sites for hydroxylation is 1. The van der Waals surface area contributed by atoms with Gasteiger partial charge in [0.1, 0.15) is 17.4 Å². The lowest BCUT2D eigenvalue weighted by Gasteiger charge is -2.19. The molecular formula is C12H16N4O2. The Bertz CT molecular complexity index is 610. The second-order valence-corrected chi connectivity index (χ2v) is 5.11. The Hall–Kier alpha value is -2.11. The van der Waals surface area contributed by atoms with Gasteiger partial charge in [-0.15, -0.1) is 0 Å². The fourth-order valence-corrected chi connectivity index (χ4v) is 1.62. The normalized spacial score (nSPS) is 11.8. The van der Waals surface area contributed by atoms with Gasteiger partial charge in [-0.3, -0.25) is 0 Å². The lowest BCUT2D eigenvalue weighted by Crippen LogP contribution is -2.26. The number of fused-ring (bicyclic) bond motifs is 1. The summed E-state index contributed by atoms with van der Waals surface area (Å²) in [6.07, 6.45) is 0.922. The van der Waals surface area contributed by atoms with Crippen LogP contribution in [0.3, 0.4) is 0 Å². The molecule has 6 nitrogen and oxygen atoms in total. The number of anilines is 1. The van der Waals surface area contributed by atoms with Gasteiger partial charge in [0.15, 0.2) is 5.82 Å². The van der Waals surface area contributed by atoms with E-state index < -0.39 is 11.7 Å². The van der Waals surface area contributed by atoms with E-state index in [1.807, 2.05) is 27.7 Å². The Morgan fingerprint density at radius 3 is 2.72 bits per heavy atom. The third-order valence-corrected chi connectivity index (χ3v) is 2.28. The summed E-state index contributed by atoms with van der Waals surface area (Å²) in [5, 5.41) is 0. The molecule has 0 aromatic carbocycles. The first-order valence-corrected chi connectivity index (χ1v) is 5.61. The van der Waals surface area contributed by atoms with Crippen LogP contribution in [0.25, 0.3) is 11.0 Å². The number of hydrogen-bond acceptors (Lipinski definition) is 5. The summed E-state index contributed by atoms with van der Waals surface area (Å²) in [6.45, 7) is 7.24. The van der Waals surface area contributed by atoms with Crippen LogP contribution >= 0.6 is 0 Å². The summed E-state index contributed by atoms with van der Waals surface area (Å²) in [5.41, 5.74) is 7.04. The molecule has 6 heteroatoms. The zero-order chi connectivity index (χ0) is 13.5. The summed E-state index contributed by atoms with van der Waals surface area (Å²) in [6, 6.07) is 1.75. The summed E-state index contributed by atoms with van der Waals surface area (Å²) < 4.78 is 6.63. The average Bonchev–Trinajstić information content (AvgIpc) is 2.58. The molecule has 0 spiro atoms. The average molecular weight is 248 g/mol. The molecule has 96 valence electrons. The Balaban J connectivity index is 2.49. The van der Waals surface area contributed by atoms with Crippen molar-refractivity contribution in [1.29, 1.82) is 0 Å². The van der Waals surface area contributed by atoms with Crippen LogP contribution in [0.5, 0.6) is 0 Å². The van der Waals surface area contributed by atoms with Crippen molar-refractivity contribution >= 4 is 22.9 Å². The van der Waals surface area contributed by atoms with Gasteiger partial charge in [0.25, 0.3) is 0 Å². The molecule has 0 amide bonds. The predicted octanol–water partition coefficient (Wildman–Crippen LogP) is 2.11. The first kappa shape index (κ1) is 12.3. The molecule has 18 heavy (non-hydrogen) atoms. The van der Waals surface area contributed by atoms with Crippen LogP contribution in [0.2, 0.25) is 0 Å². The van der Waals surface area contributed by atoms with E-state index in [1.54, 1.807) is 6.07 Å². The molecule has 2 aromatic heterocycles. The van der Waals surface area contributed by atoms with E-state index in [9.17, 15) is 4.79 Å². The fraction of sp³-hybridized carbons (Fsp3) is 0.417. The van der Waals surface area contributed by atoms with Crippen molar-refractivity contribution in [3.63, 3.8) is 0 Å². The van der Waals surface area contributed by atoms with Gasteiger partial charge in [-0.1, -0.05) is 0 Å². The topological polar surface area (TPSA) is 83.0 Å². The van der Waals surface area contributed by atoms with E-state index in [-0.39, 0.29) is 0 Å². The number of rotatable bonds is 0. The van der Waals surface area contributed by atoms with Gasteiger partial charge in [0.2, 0.25) is 0 Å². The van der Waals surface area contributed by atoms with Crippen molar-refractivity contribution in [1.82, 2.24) is 14.5 Å². The zero-order valence-corrected chi connectivity index (χ0v) is 10.9. The molecule has 0 radical (unpaired) electrons. The largest absolute Gasteiger partial charge is 0.443 e. The lowest BCUT2D eigenvalue weighted by atomic mass is 10.2. The highest BCUT2D eigenvalue weighted by Gasteiger charge is 2.20. The van der Waals surface area contributed by atoms with Gasteiger partial charge in [0, 0.05) is 5.69 Å². The first-order chi connectivity index (χ1) is 8.28. The minimum absolute atomic E-state index is 0.312. The quantitative estimate of drug-likeness (QED) is 0.772. The molecule has 0 aliphatic rings. The van der Waals surface area contributed by atoms with Gasteiger partial charge >= 0.3 is 6.09 Å². The van der Waals surface area contributed by atoms with Crippen LogP contribution in [0, 0.1) is 6.92 Å². The number of nitrogens with two attached hydrogens (primary N) is 1. The van der Waals surface area contributed by atoms with E-state index in [4.69, 9.17) is 10.5 Å². The SMILES string of the molecule is Cc1cc2c(ncn2C(=O)OC(C)(C)C)c(N)n1. The Morgan fingerprint density at radius 2 is 2.11 bits per heavy atom. The van der Waals surface area contributed by atoms with E-state index in [0.29, 0.717) is 16.9 Å². The molecule has 2 aromatic rings. The van der Waals surface area contributed by atoms with Crippen molar-refractivity contribution in [3.05, 3.63) is 18.1 Å². The molecule has 2 heterocycles. The number of nitrogen functional groups attached to an aromatic ring is 1. The number of nitrogens with zero attached hydrogens (tertiary/aromatic N) is 3. The summed E-state index contributed by atoms with van der Waals surface area (Å²) >= 11 is 0. The van der Waals surface area contributed by atoms with Crippen molar-refractivity contribution in [3.8, 4) is 0 Å². The summed E-state index contributed by atoms with van der Waals surface area (Å²) in [5.74, 6) is 0.312. The molecule has 0 saturated carbocycles. The van der Waals surface area contributed by atoms with Crippen LogP contribution in [-0.2, 0) is 4.74 Å². The van der Waals surface area contributed by atoms with Crippen LogP contribution in [0.15, 0.2) is 12.4 Å². The molecule has 2 rings (SSSR count). The fourth-order valence-electron chi connectivity index (χ4n) is 1.62. The minimum atomic E-state index is -0.554. The molecule has 0 aliphatic heterocycles. The lowest BCUT2D eigenvalue weighted by molar-refractivity contribution is 0.0543. The minimum Gasteiger partial charge on any atom is -0.443 e. The molecular weight excluding hydrogens is 232 g/mol. The van der Waals surface area contributed by atoms with E-state index in [0.717, 1.165) is 5.69 Å². The maximum Gasteiger partial charge on any atom is 0.420 e. The number of carbonyl (C=O) groups is 1. The van der Waals surface area contributed by atoms with Crippen LogP contribution < -0.4 is 5.73 Å². The zero-order valence-electron chi connectivity index (χ0n) is 10.9. The first-order valence-electron chi connectivity index (χ1n) is 5.61. The third-order valence-electron chi connectivity index (χ3n) is 2.28. The number of ether oxygens (including phenoxy) is 1. The molecule has 0 atom stereocenters. The van der Waals surface area contributed by atoms with Crippen LogP contribution in [0.1, 0.15) is 26.5 Å². The van der Waals surface area contributed by atoms with E-state index in [1.165, 1.54) is 10.9 Å².